The molecule has 0 spiro atoms. The second-order valence-electron chi connectivity index (χ2n) is 36.8. The third-order valence-corrected chi connectivity index (χ3v) is 28.0. The van der Waals surface area contributed by atoms with Crippen LogP contribution < -0.4 is 0 Å². The largest absolute Gasteiger partial charge is 0.265 e. The first-order valence-electron chi connectivity index (χ1n) is 48.9. The van der Waals surface area contributed by atoms with Crippen LogP contribution in [0.4, 0.5) is 0 Å². The number of benzene rings is 23. The molecule has 0 atom stereocenters. The molecule has 0 saturated carbocycles. The van der Waals surface area contributed by atoms with Gasteiger partial charge in [0.15, 0.2) is 17.5 Å². The van der Waals surface area contributed by atoms with Gasteiger partial charge in [-0.2, -0.15) is 0 Å². The van der Waals surface area contributed by atoms with E-state index < -0.39 is 0 Å². The molecule has 27 aromatic rings. The van der Waals surface area contributed by atoms with Crippen LogP contribution in [-0.4, -0.2) is 29.9 Å². The first-order valence-corrected chi connectivity index (χ1v) is 48.9. The zero-order valence-electron chi connectivity index (χ0n) is 78.6. The molecule has 0 fully saturated rings. The van der Waals surface area contributed by atoms with Gasteiger partial charge in [0, 0.05) is 65.0 Å². The van der Waals surface area contributed by atoms with Gasteiger partial charge in [-0.1, -0.05) is 394 Å². The highest BCUT2D eigenvalue weighted by Crippen LogP contribution is 2.46. The smallest absolute Gasteiger partial charge is 0.164 e. The summed E-state index contributed by atoms with van der Waals surface area (Å²) in [6, 6.07) is 183. The maximum absolute atomic E-state index is 4.95. The van der Waals surface area contributed by atoms with Crippen molar-refractivity contribution in [3.8, 4) is 168 Å². The van der Waals surface area contributed by atoms with Crippen molar-refractivity contribution in [3.05, 3.63) is 547 Å². The lowest BCUT2D eigenvalue weighted by Gasteiger charge is -2.13. The Kier molecular flexibility index (Phi) is 23.0. The molecule has 6 nitrogen and oxygen atoms in total. The van der Waals surface area contributed by atoms with Crippen molar-refractivity contribution in [2.45, 2.75) is 0 Å². The Bertz CT molecular complexity index is 8410. The number of hydrogen-bond acceptors (Lipinski definition) is 6. The van der Waals surface area contributed by atoms with Gasteiger partial charge < -0.3 is 0 Å². The minimum Gasteiger partial charge on any atom is -0.265 e. The van der Waals surface area contributed by atoms with Crippen LogP contribution in [0.2, 0.25) is 0 Å². The van der Waals surface area contributed by atoms with Crippen molar-refractivity contribution in [1.82, 2.24) is 29.9 Å². The first-order chi connectivity index (χ1) is 71.3. The second kappa shape index (κ2) is 38.3. The van der Waals surface area contributed by atoms with E-state index in [4.69, 9.17) is 15.0 Å². The van der Waals surface area contributed by atoms with Crippen molar-refractivity contribution in [2.24, 2.45) is 0 Å². The van der Waals surface area contributed by atoms with E-state index in [0.717, 1.165) is 66.8 Å². The predicted octanol–water partition coefficient (Wildman–Crippen LogP) is 36.8. The van der Waals surface area contributed by atoms with Gasteiger partial charge in [0.25, 0.3) is 0 Å². The van der Waals surface area contributed by atoms with Crippen molar-refractivity contribution in [2.75, 3.05) is 0 Å². The number of aromatic nitrogens is 6. The fraction of sp³-hybridized carbons (Fsp3) is 0. The van der Waals surface area contributed by atoms with Crippen LogP contribution in [-0.2, 0) is 0 Å². The predicted molar refractivity (Wildman–Crippen MR) is 605 cm³/mol. The molecule has 6 heteroatoms. The first kappa shape index (κ1) is 86.4. The van der Waals surface area contributed by atoms with E-state index in [-0.39, 0.29) is 0 Å². The highest BCUT2D eigenvalue weighted by Gasteiger charge is 2.21. The van der Waals surface area contributed by atoms with Gasteiger partial charge in [0.05, 0.1) is 0 Å². The van der Waals surface area contributed by atoms with Gasteiger partial charge in [0.2, 0.25) is 0 Å². The molecule has 0 aliphatic rings. The molecule has 0 N–H and O–H groups in total. The summed E-state index contributed by atoms with van der Waals surface area (Å²) in [4.78, 5) is 27.8. The van der Waals surface area contributed by atoms with Crippen LogP contribution in [0.25, 0.3) is 265 Å². The van der Waals surface area contributed by atoms with E-state index in [0.29, 0.717) is 17.5 Å². The summed E-state index contributed by atoms with van der Waals surface area (Å²) in [6.07, 6.45) is 11.2. The summed E-state index contributed by atoms with van der Waals surface area (Å²) in [6.45, 7) is 0. The third kappa shape index (κ3) is 17.2. The van der Waals surface area contributed by atoms with Crippen molar-refractivity contribution in [1.29, 1.82) is 0 Å². The van der Waals surface area contributed by atoms with Crippen LogP contribution in [0, 0.1) is 0 Å². The van der Waals surface area contributed by atoms with E-state index in [1.165, 1.54) is 180 Å². The molecule has 23 aromatic carbocycles. The molecule has 0 radical (unpaired) electrons. The molecule has 0 aliphatic carbocycles. The summed E-state index contributed by atoms with van der Waals surface area (Å²) in [7, 11) is 0. The second-order valence-corrected chi connectivity index (χ2v) is 36.8. The van der Waals surface area contributed by atoms with E-state index in [2.05, 4.69) is 452 Å². The normalized spacial score (nSPS) is 11.3. The fourth-order valence-electron chi connectivity index (χ4n) is 20.9. The number of rotatable bonds is 15. The van der Waals surface area contributed by atoms with Crippen LogP contribution in [0.3, 0.4) is 0 Å². The SMILES string of the molecule is c1ccc(-c2cc(-c3ccncc3)cc(-c3cccc(-c4cccc(-c5ccc6c7ccccc7c7ccccc7c6c5)c4)c3)c2)cc1.c1ccc(-c2nc(-c3ccccc3)nc(-c3cccc(-c4cccc(-c5ccc6c7ccccc7c7ccccc7c6c5)c4)c3)n2)cc1.c1cncc(-c2cc(-c3cccnc3)cc(-c3cccc(-c4cccc(-c5ccc6c7ccccc7c7ccccc7c6c5)c4)c3)c2)c1. The molecule has 0 aliphatic heterocycles. The van der Waals surface area contributed by atoms with Crippen molar-refractivity contribution < 1.29 is 0 Å². The van der Waals surface area contributed by atoms with E-state index in [1.807, 2.05) is 110 Å². The monoisotopic (exact) mass is 1830 g/mol. The average Bonchev–Trinajstić information content (AvgIpc) is 0.746. The minimum absolute atomic E-state index is 0.648. The maximum Gasteiger partial charge on any atom is 0.164 e. The summed E-state index contributed by atoms with van der Waals surface area (Å²) < 4.78 is 0. The zero-order valence-corrected chi connectivity index (χ0v) is 78.6. The molecule has 0 amide bonds. The Morgan fingerprint density at radius 1 is 0.0903 bits per heavy atom. The molecule has 672 valence electrons. The number of fused-ring (bicyclic) bond motifs is 18. The molecule has 144 heavy (non-hydrogen) atoms. The van der Waals surface area contributed by atoms with Gasteiger partial charge in [0.1, 0.15) is 0 Å². The highest BCUT2D eigenvalue weighted by atomic mass is 15.0. The van der Waals surface area contributed by atoms with Gasteiger partial charge >= 0.3 is 0 Å². The van der Waals surface area contributed by atoms with Crippen LogP contribution >= 0.6 is 0 Å². The zero-order chi connectivity index (χ0) is 95.6. The van der Waals surface area contributed by atoms with Gasteiger partial charge in [-0.3, -0.25) is 15.0 Å². The topological polar surface area (TPSA) is 77.3 Å². The van der Waals surface area contributed by atoms with Crippen molar-refractivity contribution in [3.63, 3.8) is 0 Å². The highest BCUT2D eigenvalue weighted by molar-refractivity contribution is 6.28. The Morgan fingerprint density at radius 2 is 0.271 bits per heavy atom. The lowest BCUT2D eigenvalue weighted by atomic mass is 9.91. The molecule has 0 unspecified atom stereocenters. The molecular weight excluding hydrogens is 1740 g/mol. The van der Waals surface area contributed by atoms with E-state index >= 15 is 0 Å². The van der Waals surface area contributed by atoms with E-state index in [1.54, 1.807) is 0 Å². The molecule has 4 aromatic heterocycles. The Morgan fingerprint density at radius 3 is 0.542 bits per heavy atom. The Hall–Kier alpha value is -19.1. The molecule has 0 bridgehead atoms. The van der Waals surface area contributed by atoms with Gasteiger partial charge in [-0.25, -0.2) is 15.0 Å². The van der Waals surface area contributed by atoms with Gasteiger partial charge in [-0.05, 0) is 335 Å². The minimum atomic E-state index is 0.648. The van der Waals surface area contributed by atoms with Crippen LogP contribution in [0.15, 0.2) is 547 Å². The van der Waals surface area contributed by atoms with Crippen molar-refractivity contribution >= 4 is 97.0 Å². The third-order valence-electron chi connectivity index (χ3n) is 28.0. The summed E-state index contributed by atoms with van der Waals surface area (Å²) in [5.74, 6) is 1.96. The number of hydrogen-bond donors (Lipinski definition) is 0. The standard InChI is InChI=1S/C47H31N.C46H30N2.C45H29N3/c1-2-10-32(11-3-1)39-28-40(33-22-24-48-25-23-33)30-41(29-39)37-15-9-13-35(27-37)34-12-8-14-36(26-34)38-20-21-46-44-18-5-4-16-42(44)43-17-6-7-19-45(43)47(46)31-38;1-2-17-43-41(15-1)42-16-3-4-18-44(42)46-28-35(19-20-45(43)46)33-11-5-9-31(23-33)32-10-6-12-34(24-32)38-25-39(36-13-7-21-47-29-36)27-40(26-38)37-14-8-22-48-30-37;1-3-13-30(14-4-1)43-46-44(31-15-5-2-6-16-31)48-45(47-43)36-20-12-19-34(28-36)32-17-11-18-33(27-32)35-25-26-41-39-23-8-7-21-37(39)38-22-9-10-24-40(38)42(41)29-35/h1-31H;1-30H;1-29H. The lowest BCUT2D eigenvalue weighted by Crippen LogP contribution is -2.00. The van der Waals surface area contributed by atoms with Gasteiger partial charge in [-0.15, -0.1) is 0 Å². The number of pyridine rings is 3. The molecule has 0 saturated heterocycles. The maximum atomic E-state index is 4.95. The Balaban J connectivity index is 0.000000113. The fourth-order valence-corrected chi connectivity index (χ4v) is 20.9. The summed E-state index contributed by atoms with van der Waals surface area (Å²) in [5.41, 5.74) is 31.0. The summed E-state index contributed by atoms with van der Waals surface area (Å²) in [5, 5.41) is 23.2. The lowest BCUT2D eigenvalue weighted by molar-refractivity contribution is 1.07. The molecule has 27 rings (SSSR count). The summed E-state index contributed by atoms with van der Waals surface area (Å²) >= 11 is 0. The molecular formula is C138H90N6. The van der Waals surface area contributed by atoms with Crippen LogP contribution in [0.5, 0.6) is 0 Å². The molecule has 4 heterocycles. The number of nitrogens with zero attached hydrogens (tertiary/aromatic N) is 6. The quantitative estimate of drug-likeness (QED) is 0.0952. The van der Waals surface area contributed by atoms with Crippen LogP contribution in [0.1, 0.15) is 0 Å². The van der Waals surface area contributed by atoms with E-state index in [9.17, 15) is 0 Å². The average molecular weight is 1830 g/mol. The Labute approximate surface area is 835 Å².